The highest BCUT2D eigenvalue weighted by Gasteiger charge is 2.15. The molecule has 0 bridgehead atoms. The van der Waals surface area contributed by atoms with Gasteiger partial charge in [0.25, 0.3) is 5.91 Å². The molecule has 3 aromatic rings. The monoisotopic (exact) mass is 380 g/mol. The Morgan fingerprint density at radius 3 is 2.88 bits per heavy atom. The van der Waals surface area contributed by atoms with Crippen molar-refractivity contribution in [3.8, 4) is 0 Å². The SMILES string of the molecule is CCOCCn1c(=NC(=O)c2ccnn2CC)sc2cc(F)cc(F)c21. The summed E-state index contributed by atoms with van der Waals surface area (Å²) < 4.78 is 36.7. The largest absolute Gasteiger partial charge is 0.380 e. The molecule has 2 aromatic heterocycles. The van der Waals surface area contributed by atoms with E-state index >= 15 is 0 Å². The molecule has 3 rings (SSSR count). The maximum atomic E-state index is 14.3. The van der Waals surface area contributed by atoms with Gasteiger partial charge in [-0.15, -0.1) is 0 Å². The minimum Gasteiger partial charge on any atom is -0.380 e. The molecule has 26 heavy (non-hydrogen) atoms. The Labute approximate surface area is 152 Å². The third-order valence-electron chi connectivity index (χ3n) is 3.79. The number of halogens is 2. The summed E-state index contributed by atoms with van der Waals surface area (Å²) in [6.07, 6.45) is 1.52. The second-order valence-electron chi connectivity index (χ2n) is 5.42. The topological polar surface area (TPSA) is 61.4 Å². The van der Waals surface area contributed by atoms with E-state index in [0.717, 1.165) is 17.4 Å². The summed E-state index contributed by atoms with van der Waals surface area (Å²) in [5.41, 5.74) is 0.555. The van der Waals surface area contributed by atoms with Crippen molar-refractivity contribution in [1.82, 2.24) is 14.3 Å². The van der Waals surface area contributed by atoms with Crippen LogP contribution in [-0.2, 0) is 17.8 Å². The molecular formula is C17H18F2N4O2S. The van der Waals surface area contributed by atoms with Gasteiger partial charge < -0.3 is 9.30 Å². The van der Waals surface area contributed by atoms with Crippen LogP contribution in [0.15, 0.2) is 29.4 Å². The minimum absolute atomic E-state index is 0.214. The van der Waals surface area contributed by atoms with Crippen LogP contribution >= 0.6 is 11.3 Å². The highest BCUT2D eigenvalue weighted by Crippen LogP contribution is 2.22. The number of hydrogen-bond donors (Lipinski definition) is 0. The van der Waals surface area contributed by atoms with Crippen molar-refractivity contribution in [2.45, 2.75) is 26.9 Å². The van der Waals surface area contributed by atoms with Gasteiger partial charge in [-0.1, -0.05) is 11.3 Å². The van der Waals surface area contributed by atoms with E-state index < -0.39 is 17.5 Å². The van der Waals surface area contributed by atoms with Crippen molar-refractivity contribution in [1.29, 1.82) is 0 Å². The van der Waals surface area contributed by atoms with Crippen molar-refractivity contribution in [2.24, 2.45) is 4.99 Å². The number of hydrogen-bond acceptors (Lipinski definition) is 4. The summed E-state index contributed by atoms with van der Waals surface area (Å²) in [4.78, 5) is 17.0. The summed E-state index contributed by atoms with van der Waals surface area (Å²) in [5, 5.41) is 4.05. The van der Waals surface area contributed by atoms with Gasteiger partial charge in [0.2, 0.25) is 0 Å². The van der Waals surface area contributed by atoms with Crippen LogP contribution in [0, 0.1) is 11.6 Å². The predicted molar refractivity (Wildman–Crippen MR) is 94.0 cm³/mol. The molecule has 0 unspecified atom stereocenters. The van der Waals surface area contributed by atoms with Gasteiger partial charge in [-0.25, -0.2) is 8.78 Å². The molecular weight excluding hydrogens is 362 g/mol. The first kappa shape index (κ1) is 18.4. The average molecular weight is 380 g/mol. The summed E-state index contributed by atoms with van der Waals surface area (Å²) in [7, 11) is 0. The number of nitrogens with zero attached hydrogens (tertiary/aromatic N) is 4. The number of rotatable bonds is 6. The highest BCUT2D eigenvalue weighted by atomic mass is 32.1. The number of carbonyl (C=O) groups is 1. The zero-order chi connectivity index (χ0) is 18.7. The molecule has 0 fully saturated rings. The zero-order valence-electron chi connectivity index (χ0n) is 14.4. The molecule has 0 saturated carbocycles. The van der Waals surface area contributed by atoms with Gasteiger partial charge in [-0.3, -0.25) is 9.48 Å². The van der Waals surface area contributed by atoms with E-state index in [-0.39, 0.29) is 10.3 Å². The van der Waals surface area contributed by atoms with Crippen LogP contribution in [0.1, 0.15) is 24.3 Å². The number of amides is 1. The molecule has 0 aliphatic heterocycles. The van der Waals surface area contributed by atoms with Gasteiger partial charge >= 0.3 is 0 Å². The van der Waals surface area contributed by atoms with E-state index in [1.165, 1.54) is 16.9 Å². The fraction of sp³-hybridized carbons (Fsp3) is 0.353. The van der Waals surface area contributed by atoms with E-state index in [4.69, 9.17) is 4.74 Å². The van der Waals surface area contributed by atoms with Gasteiger partial charge in [0.15, 0.2) is 10.6 Å². The van der Waals surface area contributed by atoms with Crippen molar-refractivity contribution < 1.29 is 18.3 Å². The van der Waals surface area contributed by atoms with Crippen molar-refractivity contribution in [2.75, 3.05) is 13.2 Å². The fourth-order valence-electron chi connectivity index (χ4n) is 2.63. The van der Waals surface area contributed by atoms with Crippen molar-refractivity contribution in [3.05, 3.63) is 46.5 Å². The molecule has 0 N–H and O–H groups in total. The Morgan fingerprint density at radius 1 is 1.35 bits per heavy atom. The molecule has 0 atom stereocenters. The Balaban J connectivity index is 2.13. The molecule has 0 aliphatic carbocycles. The van der Waals surface area contributed by atoms with E-state index in [9.17, 15) is 13.6 Å². The quantitative estimate of drug-likeness (QED) is 0.618. The molecule has 1 aromatic carbocycles. The Morgan fingerprint density at radius 2 is 2.15 bits per heavy atom. The summed E-state index contributed by atoms with van der Waals surface area (Å²) >= 11 is 1.06. The first-order chi connectivity index (χ1) is 12.5. The number of thiazole rings is 1. The van der Waals surface area contributed by atoms with E-state index in [1.807, 2.05) is 13.8 Å². The first-order valence-electron chi connectivity index (χ1n) is 8.22. The maximum Gasteiger partial charge on any atom is 0.297 e. The van der Waals surface area contributed by atoms with Gasteiger partial charge in [0, 0.05) is 32.0 Å². The molecule has 138 valence electrons. The molecule has 1 amide bonds. The van der Waals surface area contributed by atoms with E-state index in [1.54, 1.807) is 10.6 Å². The van der Waals surface area contributed by atoms with Crippen molar-refractivity contribution in [3.63, 3.8) is 0 Å². The van der Waals surface area contributed by atoms with Crippen LogP contribution in [0.25, 0.3) is 10.2 Å². The molecule has 9 heteroatoms. The lowest BCUT2D eigenvalue weighted by molar-refractivity contribution is 0.0986. The molecule has 0 saturated heterocycles. The van der Waals surface area contributed by atoms with Crippen LogP contribution in [-0.4, -0.2) is 33.5 Å². The molecule has 0 aliphatic rings. The van der Waals surface area contributed by atoms with Crippen LogP contribution in [0.3, 0.4) is 0 Å². The van der Waals surface area contributed by atoms with E-state index in [2.05, 4.69) is 10.1 Å². The number of aryl methyl sites for hydroxylation is 1. The third-order valence-corrected chi connectivity index (χ3v) is 4.82. The summed E-state index contributed by atoms with van der Waals surface area (Å²) in [6, 6.07) is 3.64. The third kappa shape index (κ3) is 3.58. The zero-order valence-corrected chi connectivity index (χ0v) is 15.2. The highest BCUT2D eigenvalue weighted by molar-refractivity contribution is 7.16. The number of fused-ring (bicyclic) bond motifs is 1. The van der Waals surface area contributed by atoms with Crippen molar-refractivity contribution >= 4 is 27.5 Å². The predicted octanol–water partition coefficient (Wildman–Crippen LogP) is 2.98. The maximum absolute atomic E-state index is 14.3. The van der Waals surface area contributed by atoms with Crippen LogP contribution in [0.4, 0.5) is 8.78 Å². The summed E-state index contributed by atoms with van der Waals surface area (Å²) in [5.74, 6) is -1.85. The second-order valence-corrected chi connectivity index (χ2v) is 6.43. The fourth-order valence-corrected chi connectivity index (χ4v) is 3.73. The lowest BCUT2D eigenvalue weighted by Gasteiger charge is -2.06. The number of aromatic nitrogens is 3. The molecule has 2 heterocycles. The van der Waals surface area contributed by atoms with Gasteiger partial charge in [0.05, 0.1) is 16.8 Å². The molecule has 6 nitrogen and oxygen atoms in total. The summed E-state index contributed by atoms with van der Waals surface area (Å²) in [6.45, 7) is 5.39. The van der Waals surface area contributed by atoms with Gasteiger partial charge in [-0.2, -0.15) is 10.1 Å². The van der Waals surface area contributed by atoms with Crippen LogP contribution in [0.2, 0.25) is 0 Å². The Hall–Kier alpha value is -2.39. The Kier molecular flexibility index (Phi) is 5.58. The van der Waals surface area contributed by atoms with Gasteiger partial charge in [-0.05, 0) is 26.0 Å². The van der Waals surface area contributed by atoms with Crippen LogP contribution in [0.5, 0.6) is 0 Å². The normalized spacial score (nSPS) is 12.2. The minimum atomic E-state index is -0.694. The number of ether oxygens (including phenoxy) is 1. The number of benzene rings is 1. The first-order valence-corrected chi connectivity index (χ1v) is 9.03. The standard InChI is InChI=1S/C17H18F2N4O2S/c1-3-23-13(5-6-20-23)16(24)21-17-22(7-8-25-4-2)15-12(19)9-11(18)10-14(15)26-17/h5-6,9-10H,3-4,7-8H2,1-2H3. The number of carbonyl (C=O) groups excluding carboxylic acids is 1. The molecule has 0 radical (unpaired) electrons. The lowest BCUT2D eigenvalue weighted by atomic mass is 10.3. The Bertz CT molecular complexity index is 1010. The average Bonchev–Trinajstić information content (AvgIpc) is 3.19. The van der Waals surface area contributed by atoms with Crippen LogP contribution < -0.4 is 4.80 Å². The second kappa shape index (κ2) is 7.88. The van der Waals surface area contributed by atoms with Gasteiger partial charge in [0.1, 0.15) is 11.5 Å². The smallest absolute Gasteiger partial charge is 0.297 e. The van der Waals surface area contributed by atoms with E-state index in [0.29, 0.717) is 36.7 Å². The lowest BCUT2D eigenvalue weighted by Crippen LogP contribution is -2.21. The molecule has 0 spiro atoms.